The summed E-state index contributed by atoms with van der Waals surface area (Å²) in [6.07, 6.45) is 3.75. The van der Waals surface area contributed by atoms with Crippen LogP contribution in [-0.4, -0.2) is 76.3 Å². The number of halogens is 2. The van der Waals surface area contributed by atoms with Crippen LogP contribution in [0.2, 0.25) is 0 Å². The van der Waals surface area contributed by atoms with Crippen LogP contribution in [0, 0.1) is 11.8 Å². The summed E-state index contributed by atoms with van der Waals surface area (Å²) in [5, 5.41) is 8.01. The lowest BCUT2D eigenvalue weighted by molar-refractivity contribution is -0.139. The first-order valence-corrected chi connectivity index (χ1v) is 17.7. The van der Waals surface area contributed by atoms with Crippen molar-refractivity contribution in [2.45, 2.75) is 64.5 Å². The largest absolute Gasteiger partial charge is 0.488 e. The number of aromatic amines is 2. The van der Waals surface area contributed by atoms with Gasteiger partial charge < -0.3 is 39.7 Å². The van der Waals surface area contributed by atoms with E-state index in [9.17, 15) is 18.4 Å². The standard InChI is InChI=1S/C38H41F2N7O5/c1-19(2)32(46-38(49)50-3)36(48)47-16-20(17-52-37(39)40)11-30(47)35-43-27-9-7-21-13-26-24-8-6-22(29-15-42-34(44-29)28-5-4-10-41-28)12-23(24)18-51-31(26)14-25(21)33(27)45-35/h6-9,12-15,19-20,28,30,32,37,41H,4-5,10-11,16-18H2,1-3H3,(H,42,44)(H,43,45)(H,46,49)/t20-,28?,30-,32-/m0/s1. The summed E-state index contributed by atoms with van der Waals surface area (Å²) in [6.45, 7) is 2.09. The number of carbonyl (C=O) groups excluding carboxylic acids is 2. The number of fused-ring (bicyclic) bond motifs is 6. The average molecular weight is 714 g/mol. The number of benzene rings is 3. The number of likely N-dealkylation sites (tertiary alicyclic amines) is 1. The van der Waals surface area contributed by atoms with Gasteiger partial charge in [0.1, 0.15) is 30.0 Å². The number of H-pyrrole nitrogens is 2. The van der Waals surface area contributed by atoms with Gasteiger partial charge in [-0.2, -0.15) is 8.78 Å². The van der Waals surface area contributed by atoms with Crippen molar-refractivity contribution in [1.82, 2.24) is 35.5 Å². The van der Waals surface area contributed by atoms with Gasteiger partial charge in [0.25, 0.3) is 0 Å². The second-order valence-corrected chi connectivity index (χ2v) is 14.2. The zero-order valence-electron chi connectivity index (χ0n) is 29.2. The molecule has 5 heterocycles. The zero-order valence-corrected chi connectivity index (χ0v) is 29.2. The van der Waals surface area contributed by atoms with Crippen molar-refractivity contribution in [2.75, 3.05) is 26.8 Å². The van der Waals surface area contributed by atoms with Gasteiger partial charge in [-0.25, -0.2) is 14.8 Å². The van der Waals surface area contributed by atoms with E-state index in [1.807, 2.05) is 38.2 Å². The van der Waals surface area contributed by atoms with E-state index < -0.39 is 24.8 Å². The van der Waals surface area contributed by atoms with Gasteiger partial charge >= 0.3 is 12.7 Å². The Balaban J connectivity index is 1.10. The van der Waals surface area contributed by atoms with E-state index >= 15 is 0 Å². The van der Waals surface area contributed by atoms with E-state index in [4.69, 9.17) is 14.5 Å². The molecule has 14 heteroatoms. The van der Waals surface area contributed by atoms with E-state index in [0.717, 1.165) is 75.2 Å². The molecule has 0 spiro atoms. The average Bonchev–Trinajstić information content (AvgIpc) is 3.97. The molecule has 4 N–H and O–H groups in total. The Morgan fingerprint density at radius 2 is 1.96 bits per heavy atom. The van der Waals surface area contributed by atoms with E-state index in [2.05, 4.69) is 54.6 Å². The highest BCUT2D eigenvalue weighted by Gasteiger charge is 2.42. The first-order valence-electron chi connectivity index (χ1n) is 17.7. The molecule has 5 aromatic rings. The van der Waals surface area contributed by atoms with E-state index in [-0.39, 0.29) is 36.9 Å². The molecule has 12 nitrogen and oxygen atoms in total. The molecule has 272 valence electrons. The molecular formula is C38H41F2N7O5. The molecule has 2 fully saturated rings. The number of imidazole rings is 2. The van der Waals surface area contributed by atoms with Crippen LogP contribution < -0.4 is 15.4 Å². The first-order chi connectivity index (χ1) is 25.2. The summed E-state index contributed by atoms with van der Waals surface area (Å²) in [5.41, 5.74) is 6.69. The fraction of sp³-hybridized carbons (Fsp3) is 0.421. The van der Waals surface area contributed by atoms with Crippen LogP contribution in [0.4, 0.5) is 13.6 Å². The fourth-order valence-electron chi connectivity index (χ4n) is 7.85. The van der Waals surface area contributed by atoms with Crippen molar-refractivity contribution in [3.05, 3.63) is 65.9 Å². The van der Waals surface area contributed by atoms with E-state index in [1.54, 1.807) is 4.90 Å². The van der Waals surface area contributed by atoms with Crippen LogP contribution in [-0.2, 0) is 20.9 Å². The van der Waals surface area contributed by atoms with Gasteiger partial charge in [0.2, 0.25) is 5.91 Å². The number of ether oxygens (including phenoxy) is 3. The number of hydrogen-bond donors (Lipinski definition) is 4. The Morgan fingerprint density at radius 3 is 2.73 bits per heavy atom. The Morgan fingerprint density at radius 1 is 1.10 bits per heavy atom. The molecule has 8 rings (SSSR count). The topological polar surface area (TPSA) is 146 Å². The molecule has 0 saturated carbocycles. The van der Waals surface area contributed by atoms with Gasteiger partial charge in [0, 0.05) is 23.4 Å². The summed E-state index contributed by atoms with van der Waals surface area (Å²) in [4.78, 5) is 44.2. The van der Waals surface area contributed by atoms with Crippen molar-refractivity contribution in [3.8, 4) is 28.1 Å². The Bertz CT molecular complexity index is 2140. The number of hydrogen-bond acceptors (Lipinski definition) is 8. The quantitative estimate of drug-likeness (QED) is 0.134. The second-order valence-electron chi connectivity index (χ2n) is 14.2. The van der Waals surface area contributed by atoms with Gasteiger partial charge in [0.15, 0.2) is 0 Å². The van der Waals surface area contributed by atoms with Crippen LogP contribution in [0.15, 0.2) is 48.7 Å². The van der Waals surface area contributed by atoms with Crippen molar-refractivity contribution in [1.29, 1.82) is 0 Å². The minimum absolute atomic E-state index is 0.168. The van der Waals surface area contributed by atoms with Crippen LogP contribution in [0.25, 0.3) is 44.2 Å². The fourth-order valence-corrected chi connectivity index (χ4v) is 7.85. The molecule has 0 bridgehead atoms. The third-order valence-corrected chi connectivity index (χ3v) is 10.5. The summed E-state index contributed by atoms with van der Waals surface area (Å²) in [6, 6.07) is 13.3. The first kappa shape index (κ1) is 34.0. The Labute approximate surface area is 298 Å². The van der Waals surface area contributed by atoms with Crippen LogP contribution >= 0.6 is 0 Å². The van der Waals surface area contributed by atoms with Gasteiger partial charge in [0.05, 0.1) is 48.7 Å². The molecule has 1 unspecified atom stereocenters. The number of alkyl halides is 2. The highest BCUT2D eigenvalue weighted by Crippen LogP contribution is 2.43. The molecule has 4 atom stereocenters. The molecule has 0 aliphatic carbocycles. The van der Waals surface area contributed by atoms with Crippen molar-refractivity contribution >= 4 is 33.8 Å². The number of aromatic nitrogens is 4. The third kappa shape index (κ3) is 6.34. The number of carbonyl (C=O) groups is 2. The highest BCUT2D eigenvalue weighted by atomic mass is 19.3. The number of alkyl carbamates (subject to hydrolysis) is 1. The van der Waals surface area contributed by atoms with E-state index in [1.165, 1.54) is 7.11 Å². The molecule has 2 amide bonds. The molecular weight excluding hydrogens is 672 g/mol. The Hall–Kier alpha value is -5.08. The summed E-state index contributed by atoms with van der Waals surface area (Å²) in [7, 11) is 1.23. The maximum absolute atomic E-state index is 14.0. The lowest BCUT2D eigenvalue weighted by Gasteiger charge is -2.30. The normalized spacial score (nSPS) is 20.4. The van der Waals surface area contributed by atoms with Crippen molar-refractivity contribution in [2.24, 2.45) is 11.8 Å². The molecule has 2 saturated heterocycles. The SMILES string of the molecule is COC(=O)N[C@H](C(=O)N1C[C@@H](COC(F)F)C[C@H]1c1nc2ccc3cc4c(cc3c2[nH]1)OCc1cc(-c2cnc(C3CCCN3)[nH]2)ccc1-4)C(C)C. The van der Waals surface area contributed by atoms with Gasteiger partial charge in [-0.05, 0) is 78.1 Å². The van der Waals surface area contributed by atoms with E-state index in [0.29, 0.717) is 24.4 Å². The lowest BCUT2D eigenvalue weighted by atomic mass is 9.92. The predicted octanol–water partition coefficient (Wildman–Crippen LogP) is 6.60. The van der Waals surface area contributed by atoms with Gasteiger partial charge in [-0.3, -0.25) is 4.79 Å². The number of methoxy groups -OCH3 is 1. The third-order valence-electron chi connectivity index (χ3n) is 10.5. The second kappa shape index (κ2) is 13.8. The Kier molecular flexibility index (Phi) is 9.04. The summed E-state index contributed by atoms with van der Waals surface area (Å²) >= 11 is 0. The summed E-state index contributed by atoms with van der Waals surface area (Å²) in [5.74, 6) is 1.28. The lowest BCUT2D eigenvalue weighted by Crippen LogP contribution is -2.51. The predicted molar refractivity (Wildman–Crippen MR) is 190 cm³/mol. The van der Waals surface area contributed by atoms with Crippen LogP contribution in [0.3, 0.4) is 0 Å². The minimum Gasteiger partial charge on any atom is -0.488 e. The molecule has 3 aliphatic heterocycles. The molecule has 3 aromatic carbocycles. The van der Waals surface area contributed by atoms with Crippen LogP contribution in [0.5, 0.6) is 5.75 Å². The maximum atomic E-state index is 14.0. The number of amides is 2. The number of nitrogens with zero attached hydrogens (tertiary/aromatic N) is 3. The molecule has 0 radical (unpaired) electrons. The monoisotopic (exact) mass is 713 g/mol. The number of nitrogens with one attached hydrogen (secondary N) is 4. The van der Waals surface area contributed by atoms with Crippen LogP contribution in [0.1, 0.15) is 62.4 Å². The number of rotatable bonds is 9. The maximum Gasteiger partial charge on any atom is 0.407 e. The highest BCUT2D eigenvalue weighted by molar-refractivity contribution is 6.07. The minimum atomic E-state index is -2.92. The zero-order chi connectivity index (χ0) is 36.1. The smallest absolute Gasteiger partial charge is 0.407 e. The molecule has 3 aliphatic rings. The van der Waals surface area contributed by atoms with Crippen molar-refractivity contribution in [3.63, 3.8) is 0 Å². The van der Waals surface area contributed by atoms with Gasteiger partial charge in [-0.15, -0.1) is 0 Å². The van der Waals surface area contributed by atoms with Crippen molar-refractivity contribution < 1.29 is 32.6 Å². The van der Waals surface area contributed by atoms with Gasteiger partial charge in [-0.1, -0.05) is 32.0 Å². The summed E-state index contributed by atoms with van der Waals surface area (Å²) < 4.78 is 41.8. The molecule has 2 aromatic heterocycles. The molecule has 52 heavy (non-hydrogen) atoms.